The minimum Gasteiger partial charge on any atom is -0.489 e. The zero-order valence-corrected chi connectivity index (χ0v) is 13.5. The first-order valence-corrected chi connectivity index (χ1v) is 7.67. The Labute approximate surface area is 135 Å². The number of benzene rings is 1. The number of hydrogen-bond acceptors (Lipinski definition) is 4. The Balaban J connectivity index is 2.03. The smallest absolute Gasteiger partial charge is 0.322 e. The molecule has 0 radical (unpaired) electrons. The van der Waals surface area contributed by atoms with Crippen molar-refractivity contribution in [1.82, 2.24) is 10.2 Å². The Hall–Kier alpha value is -2.28. The van der Waals surface area contributed by atoms with E-state index in [0.29, 0.717) is 44.2 Å². The molecule has 1 fully saturated rings. The van der Waals surface area contributed by atoms with E-state index in [0.717, 1.165) is 0 Å². The Morgan fingerprint density at radius 1 is 1.39 bits per heavy atom. The number of para-hydroxylation sites is 2. The van der Waals surface area contributed by atoms with E-state index in [1.165, 1.54) is 0 Å². The minimum absolute atomic E-state index is 0.0320. The van der Waals surface area contributed by atoms with Gasteiger partial charge in [-0.15, -0.1) is 0 Å². The standard InChI is InChI=1S/C16H23N3O4/c1-12-11-17-15(20)7-8-19(12)16(21)18-13-5-3-4-6-14(13)23-10-9-22-2/h3-6,12H,7-11H2,1-2H3,(H,17,20)(H,18,21). The summed E-state index contributed by atoms with van der Waals surface area (Å²) in [7, 11) is 1.60. The van der Waals surface area contributed by atoms with Crippen LogP contribution in [0.5, 0.6) is 5.75 Å². The molecule has 3 amide bonds. The van der Waals surface area contributed by atoms with Crippen LogP contribution in [0.1, 0.15) is 13.3 Å². The fraction of sp³-hybridized carbons (Fsp3) is 0.500. The second-order valence-electron chi connectivity index (χ2n) is 5.36. The fourth-order valence-corrected chi connectivity index (χ4v) is 2.32. The molecule has 2 N–H and O–H groups in total. The van der Waals surface area contributed by atoms with E-state index in [9.17, 15) is 9.59 Å². The van der Waals surface area contributed by atoms with Gasteiger partial charge in [0.25, 0.3) is 0 Å². The predicted octanol–water partition coefficient (Wildman–Crippen LogP) is 1.45. The van der Waals surface area contributed by atoms with Crippen molar-refractivity contribution >= 4 is 17.6 Å². The van der Waals surface area contributed by atoms with E-state index in [-0.39, 0.29) is 18.0 Å². The number of hydrogen-bond donors (Lipinski definition) is 2. The maximum atomic E-state index is 12.5. The van der Waals surface area contributed by atoms with E-state index in [2.05, 4.69) is 10.6 Å². The molecule has 0 aromatic heterocycles. The molecule has 0 bridgehead atoms. The number of amides is 3. The van der Waals surface area contributed by atoms with Gasteiger partial charge in [0.05, 0.1) is 12.3 Å². The van der Waals surface area contributed by atoms with Crippen LogP contribution in [0.15, 0.2) is 24.3 Å². The average molecular weight is 321 g/mol. The summed E-state index contributed by atoms with van der Waals surface area (Å²) in [4.78, 5) is 25.6. The number of urea groups is 1. The van der Waals surface area contributed by atoms with Crippen LogP contribution in [-0.4, -0.2) is 56.3 Å². The Kier molecular flexibility index (Phi) is 6.22. The minimum atomic E-state index is -0.239. The first kappa shape index (κ1) is 17.1. The Morgan fingerprint density at radius 3 is 2.96 bits per heavy atom. The molecule has 1 unspecified atom stereocenters. The summed E-state index contributed by atoms with van der Waals surface area (Å²) in [5, 5.41) is 5.65. The van der Waals surface area contributed by atoms with E-state index >= 15 is 0 Å². The number of carbonyl (C=O) groups is 2. The van der Waals surface area contributed by atoms with Gasteiger partial charge in [-0.05, 0) is 19.1 Å². The van der Waals surface area contributed by atoms with Crippen molar-refractivity contribution in [3.05, 3.63) is 24.3 Å². The van der Waals surface area contributed by atoms with Gasteiger partial charge in [0.1, 0.15) is 12.4 Å². The molecule has 1 aliphatic heterocycles. The summed E-state index contributed by atoms with van der Waals surface area (Å²) in [6.07, 6.45) is 0.309. The lowest BCUT2D eigenvalue weighted by atomic mass is 10.2. The fourth-order valence-electron chi connectivity index (χ4n) is 2.32. The number of rotatable bonds is 5. The molecule has 1 heterocycles. The molecule has 1 aliphatic rings. The number of nitrogens with one attached hydrogen (secondary N) is 2. The monoisotopic (exact) mass is 321 g/mol. The molecule has 1 aromatic carbocycles. The van der Waals surface area contributed by atoms with Gasteiger partial charge in [0.15, 0.2) is 0 Å². The highest BCUT2D eigenvalue weighted by atomic mass is 16.5. The highest BCUT2D eigenvalue weighted by Gasteiger charge is 2.25. The lowest BCUT2D eigenvalue weighted by Gasteiger charge is -2.27. The number of anilines is 1. The zero-order chi connectivity index (χ0) is 16.7. The number of nitrogens with zero attached hydrogens (tertiary/aromatic N) is 1. The lowest BCUT2D eigenvalue weighted by molar-refractivity contribution is -0.120. The van der Waals surface area contributed by atoms with Crippen LogP contribution >= 0.6 is 0 Å². The van der Waals surface area contributed by atoms with E-state index < -0.39 is 0 Å². The first-order valence-electron chi connectivity index (χ1n) is 7.67. The Bertz CT molecular complexity index is 550. The second-order valence-corrected chi connectivity index (χ2v) is 5.36. The summed E-state index contributed by atoms with van der Waals surface area (Å²) in [5.41, 5.74) is 0.601. The van der Waals surface area contributed by atoms with Gasteiger partial charge in [0, 0.05) is 32.7 Å². The molecule has 0 spiro atoms. The molecule has 7 heteroatoms. The van der Waals surface area contributed by atoms with Crippen LogP contribution in [0.2, 0.25) is 0 Å². The quantitative estimate of drug-likeness (QED) is 0.805. The topological polar surface area (TPSA) is 79.9 Å². The van der Waals surface area contributed by atoms with E-state index in [1.807, 2.05) is 19.1 Å². The van der Waals surface area contributed by atoms with Crippen LogP contribution in [-0.2, 0) is 9.53 Å². The van der Waals surface area contributed by atoms with Crippen LogP contribution in [0.3, 0.4) is 0 Å². The SMILES string of the molecule is COCCOc1ccccc1NC(=O)N1CCC(=O)NCC1C. The molecule has 0 aliphatic carbocycles. The van der Waals surface area contributed by atoms with Crippen LogP contribution in [0.4, 0.5) is 10.5 Å². The third-order valence-electron chi connectivity index (χ3n) is 3.64. The molecule has 1 saturated heterocycles. The van der Waals surface area contributed by atoms with Gasteiger partial charge in [-0.2, -0.15) is 0 Å². The van der Waals surface area contributed by atoms with Gasteiger partial charge < -0.3 is 25.0 Å². The molecule has 7 nitrogen and oxygen atoms in total. The Morgan fingerprint density at radius 2 is 2.17 bits per heavy atom. The number of carbonyl (C=O) groups excluding carboxylic acids is 2. The van der Waals surface area contributed by atoms with E-state index in [1.54, 1.807) is 24.1 Å². The maximum Gasteiger partial charge on any atom is 0.322 e. The summed E-state index contributed by atoms with van der Waals surface area (Å²) < 4.78 is 10.6. The molecule has 1 aromatic rings. The van der Waals surface area contributed by atoms with Crippen LogP contribution in [0.25, 0.3) is 0 Å². The molecule has 2 rings (SSSR count). The van der Waals surface area contributed by atoms with Crippen LogP contribution < -0.4 is 15.4 Å². The van der Waals surface area contributed by atoms with Crippen molar-refractivity contribution in [1.29, 1.82) is 0 Å². The van der Waals surface area contributed by atoms with Gasteiger partial charge in [-0.25, -0.2) is 4.79 Å². The summed E-state index contributed by atoms with van der Waals surface area (Å²) in [6, 6.07) is 6.94. The number of methoxy groups -OCH3 is 1. The van der Waals surface area contributed by atoms with Gasteiger partial charge >= 0.3 is 6.03 Å². The highest BCUT2D eigenvalue weighted by molar-refractivity contribution is 5.91. The largest absolute Gasteiger partial charge is 0.489 e. The number of ether oxygens (including phenoxy) is 2. The highest BCUT2D eigenvalue weighted by Crippen LogP contribution is 2.24. The summed E-state index contributed by atoms with van der Waals surface area (Å²) in [5.74, 6) is 0.560. The van der Waals surface area contributed by atoms with Crippen molar-refractivity contribution in [3.63, 3.8) is 0 Å². The van der Waals surface area contributed by atoms with Crippen molar-refractivity contribution in [2.24, 2.45) is 0 Å². The van der Waals surface area contributed by atoms with E-state index in [4.69, 9.17) is 9.47 Å². The third-order valence-corrected chi connectivity index (χ3v) is 3.64. The average Bonchev–Trinajstić information content (AvgIpc) is 2.71. The second kappa shape index (κ2) is 8.38. The molecule has 1 atom stereocenters. The molecule has 126 valence electrons. The maximum absolute atomic E-state index is 12.5. The predicted molar refractivity (Wildman–Crippen MR) is 86.6 cm³/mol. The van der Waals surface area contributed by atoms with Gasteiger partial charge in [-0.3, -0.25) is 4.79 Å². The molecule has 0 saturated carbocycles. The van der Waals surface area contributed by atoms with Gasteiger partial charge in [-0.1, -0.05) is 12.1 Å². The zero-order valence-electron chi connectivity index (χ0n) is 13.5. The van der Waals surface area contributed by atoms with Crippen molar-refractivity contribution in [2.45, 2.75) is 19.4 Å². The normalized spacial score (nSPS) is 18.1. The summed E-state index contributed by atoms with van der Waals surface area (Å²) in [6.45, 7) is 3.64. The third kappa shape index (κ3) is 4.85. The molecular formula is C16H23N3O4. The lowest BCUT2D eigenvalue weighted by Crippen LogP contribution is -2.44. The molecular weight excluding hydrogens is 298 g/mol. The van der Waals surface area contributed by atoms with Crippen molar-refractivity contribution < 1.29 is 19.1 Å². The molecule has 23 heavy (non-hydrogen) atoms. The van der Waals surface area contributed by atoms with Crippen molar-refractivity contribution in [3.8, 4) is 5.75 Å². The van der Waals surface area contributed by atoms with Gasteiger partial charge in [0.2, 0.25) is 5.91 Å². The first-order chi connectivity index (χ1) is 11.1. The summed E-state index contributed by atoms with van der Waals surface area (Å²) >= 11 is 0. The van der Waals surface area contributed by atoms with Crippen molar-refractivity contribution in [2.75, 3.05) is 38.7 Å². The van der Waals surface area contributed by atoms with Crippen LogP contribution in [0, 0.1) is 0 Å².